The highest BCUT2D eigenvalue weighted by molar-refractivity contribution is 6.81. The maximum Gasteiger partial charge on any atom is 0.123 e. The fourth-order valence-corrected chi connectivity index (χ4v) is 1.55. The van der Waals surface area contributed by atoms with Gasteiger partial charge in [-0.05, 0) is 17.7 Å². The van der Waals surface area contributed by atoms with Crippen molar-refractivity contribution in [3.8, 4) is 0 Å². The number of hydrogen-bond acceptors (Lipinski definition) is 2. The molecule has 0 aliphatic rings. The Morgan fingerprint density at radius 1 is 1.31 bits per heavy atom. The minimum absolute atomic E-state index is 0.574. The van der Waals surface area contributed by atoms with Crippen LogP contribution in [0.25, 0.3) is 6.08 Å². The molecule has 1 aromatic rings. The van der Waals surface area contributed by atoms with Crippen LogP contribution in [0.15, 0.2) is 24.0 Å². The van der Waals surface area contributed by atoms with Gasteiger partial charge in [-0.2, -0.15) is 0 Å². The van der Waals surface area contributed by atoms with Crippen molar-refractivity contribution in [2.45, 2.75) is 19.6 Å². The second-order valence-electron chi connectivity index (χ2n) is 4.22. The third-order valence-corrected chi connectivity index (χ3v) is 2.75. The van der Waals surface area contributed by atoms with Gasteiger partial charge in [0.05, 0.1) is 8.07 Å². The average molecular weight is 192 g/mol. The quantitative estimate of drug-likeness (QED) is 0.731. The summed E-state index contributed by atoms with van der Waals surface area (Å²) in [7, 11) is -1.09. The van der Waals surface area contributed by atoms with Crippen LogP contribution in [0.1, 0.15) is 5.56 Å². The van der Waals surface area contributed by atoms with Crippen molar-refractivity contribution < 1.29 is 0 Å². The van der Waals surface area contributed by atoms with Crippen LogP contribution in [-0.4, -0.2) is 13.1 Å². The molecule has 0 amide bonds. The molecule has 0 unspecified atom stereocenters. The van der Waals surface area contributed by atoms with Crippen LogP contribution in [0.5, 0.6) is 0 Å². The summed E-state index contributed by atoms with van der Waals surface area (Å²) in [6, 6.07) is 3.81. The number of nitrogens with two attached hydrogens (primary N) is 1. The Balaban J connectivity index is 2.75. The first-order valence-corrected chi connectivity index (χ1v) is 7.96. The van der Waals surface area contributed by atoms with E-state index in [0.717, 1.165) is 5.56 Å². The number of hydrogen-bond donors (Lipinski definition) is 1. The van der Waals surface area contributed by atoms with Gasteiger partial charge in [0.1, 0.15) is 5.82 Å². The van der Waals surface area contributed by atoms with E-state index in [1.54, 1.807) is 6.20 Å². The summed E-state index contributed by atoms with van der Waals surface area (Å²) in [6.45, 7) is 6.90. The summed E-state index contributed by atoms with van der Waals surface area (Å²) in [5.41, 5.74) is 8.90. The van der Waals surface area contributed by atoms with E-state index in [2.05, 4.69) is 36.4 Å². The second-order valence-corrected chi connectivity index (χ2v) is 9.28. The van der Waals surface area contributed by atoms with E-state index in [-0.39, 0.29) is 0 Å². The van der Waals surface area contributed by atoms with Gasteiger partial charge in [-0.3, -0.25) is 0 Å². The number of pyridine rings is 1. The predicted molar refractivity (Wildman–Crippen MR) is 61.0 cm³/mol. The highest BCUT2D eigenvalue weighted by Gasteiger charge is 2.06. The monoisotopic (exact) mass is 192 g/mol. The highest BCUT2D eigenvalue weighted by atomic mass is 28.3. The molecule has 0 spiro atoms. The van der Waals surface area contributed by atoms with Crippen LogP contribution in [0.4, 0.5) is 5.82 Å². The highest BCUT2D eigenvalue weighted by Crippen LogP contribution is 2.08. The van der Waals surface area contributed by atoms with Gasteiger partial charge >= 0.3 is 0 Å². The Morgan fingerprint density at radius 3 is 2.46 bits per heavy atom. The predicted octanol–water partition coefficient (Wildman–Crippen LogP) is 2.55. The lowest BCUT2D eigenvalue weighted by Gasteiger charge is -2.07. The Hall–Kier alpha value is -1.09. The van der Waals surface area contributed by atoms with Crippen LogP contribution >= 0.6 is 0 Å². The molecule has 0 saturated heterocycles. The van der Waals surface area contributed by atoms with Crippen molar-refractivity contribution in [1.82, 2.24) is 4.98 Å². The summed E-state index contributed by atoms with van der Waals surface area (Å²) in [5, 5.41) is 0. The van der Waals surface area contributed by atoms with Crippen molar-refractivity contribution in [2.75, 3.05) is 5.73 Å². The van der Waals surface area contributed by atoms with Gasteiger partial charge in [0.15, 0.2) is 0 Å². The topological polar surface area (TPSA) is 38.9 Å². The molecule has 2 nitrogen and oxygen atoms in total. The second kappa shape index (κ2) is 3.74. The minimum Gasteiger partial charge on any atom is -0.384 e. The van der Waals surface area contributed by atoms with Crippen molar-refractivity contribution in [2.24, 2.45) is 0 Å². The van der Waals surface area contributed by atoms with E-state index in [4.69, 9.17) is 5.73 Å². The Bertz CT molecular complexity index is 296. The van der Waals surface area contributed by atoms with E-state index in [1.165, 1.54) is 0 Å². The van der Waals surface area contributed by atoms with Crippen molar-refractivity contribution in [1.29, 1.82) is 0 Å². The Kier molecular flexibility index (Phi) is 2.88. The van der Waals surface area contributed by atoms with Crippen LogP contribution in [0.2, 0.25) is 19.6 Å². The van der Waals surface area contributed by atoms with Gasteiger partial charge in [0.2, 0.25) is 0 Å². The first kappa shape index (κ1) is 9.99. The summed E-state index contributed by atoms with van der Waals surface area (Å²) in [4.78, 5) is 4.02. The molecular weight excluding hydrogens is 176 g/mol. The molecule has 70 valence electrons. The molecule has 13 heavy (non-hydrogen) atoms. The summed E-state index contributed by atoms with van der Waals surface area (Å²) < 4.78 is 0. The van der Waals surface area contributed by atoms with Gasteiger partial charge in [-0.15, -0.1) is 0 Å². The standard InChI is InChI=1S/C10H16N2Si/c1-13(2,3)7-6-9-4-5-10(11)12-8-9/h4-8H,1-3H3,(H2,11,12). The third kappa shape index (κ3) is 3.89. The molecule has 0 saturated carbocycles. The van der Waals surface area contributed by atoms with Gasteiger partial charge < -0.3 is 5.73 Å². The zero-order valence-corrected chi connectivity index (χ0v) is 9.41. The van der Waals surface area contributed by atoms with Crippen LogP contribution in [0, 0.1) is 0 Å². The molecule has 0 fully saturated rings. The van der Waals surface area contributed by atoms with E-state index < -0.39 is 8.07 Å². The summed E-state index contributed by atoms with van der Waals surface area (Å²) >= 11 is 0. The maximum absolute atomic E-state index is 5.48. The van der Waals surface area contributed by atoms with Gasteiger partial charge in [0.25, 0.3) is 0 Å². The molecule has 0 bridgehead atoms. The fraction of sp³-hybridized carbons (Fsp3) is 0.300. The van der Waals surface area contributed by atoms with E-state index in [0.29, 0.717) is 5.82 Å². The van der Waals surface area contributed by atoms with Gasteiger partial charge in [-0.25, -0.2) is 4.98 Å². The van der Waals surface area contributed by atoms with Crippen LogP contribution < -0.4 is 5.73 Å². The molecule has 0 radical (unpaired) electrons. The lowest BCUT2D eigenvalue weighted by atomic mass is 10.3. The van der Waals surface area contributed by atoms with Crippen molar-refractivity contribution >= 4 is 20.0 Å². The van der Waals surface area contributed by atoms with Crippen LogP contribution in [-0.2, 0) is 0 Å². The molecule has 1 heterocycles. The third-order valence-electron chi connectivity index (χ3n) is 1.59. The fourth-order valence-electron chi connectivity index (χ4n) is 0.862. The average Bonchev–Trinajstić information content (AvgIpc) is 2.02. The van der Waals surface area contributed by atoms with Gasteiger partial charge in [-0.1, -0.05) is 31.4 Å². The summed E-state index contributed by atoms with van der Waals surface area (Å²) in [6.07, 6.45) is 3.92. The largest absolute Gasteiger partial charge is 0.384 e. The smallest absolute Gasteiger partial charge is 0.123 e. The number of nitrogens with zero attached hydrogens (tertiary/aromatic N) is 1. The molecular formula is C10H16N2Si. The number of aromatic nitrogens is 1. The molecule has 0 aliphatic carbocycles. The van der Waals surface area contributed by atoms with E-state index >= 15 is 0 Å². The number of anilines is 1. The van der Waals surface area contributed by atoms with Crippen molar-refractivity contribution in [3.05, 3.63) is 29.6 Å². The Morgan fingerprint density at radius 2 is 2.00 bits per heavy atom. The molecule has 3 heteroatoms. The first-order chi connectivity index (χ1) is 5.97. The van der Waals surface area contributed by atoms with Gasteiger partial charge in [0, 0.05) is 6.20 Å². The summed E-state index contributed by atoms with van der Waals surface area (Å²) in [5.74, 6) is 0.574. The van der Waals surface area contributed by atoms with Crippen molar-refractivity contribution in [3.63, 3.8) is 0 Å². The normalized spacial score (nSPS) is 12.2. The lowest BCUT2D eigenvalue weighted by Crippen LogP contribution is -2.15. The minimum atomic E-state index is -1.09. The van der Waals surface area contributed by atoms with E-state index in [1.807, 2.05) is 12.1 Å². The molecule has 1 rings (SSSR count). The molecule has 0 aliphatic heterocycles. The first-order valence-electron chi connectivity index (χ1n) is 4.38. The SMILES string of the molecule is C[Si](C)(C)C=Cc1ccc(N)nc1. The number of nitrogen functional groups attached to an aromatic ring is 1. The van der Waals surface area contributed by atoms with Crippen LogP contribution in [0.3, 0.4) is 0 Å². The molecule has 0 atom stereocenters. The molecule has 2 N–H and O–H groups in total. The number of rotatable bonds is 2. The molecule has 0 aromatic carbocycles. The zero-order valence-electron chi connectivity index (χ0n) is 8.41. The molecule has 1 aromatic heterocycles. The lowest BCUT2D eigenvalue weighted by molar-refractivity contribution is 1.33. The Labute approximate surface area is 80.5 Å². The maximum atomic E-state index is 5.48. The van der Waals surface area contributed by atoms with E-state index in [9.17, 15) is 0 Å². The zero-order chi connectivity index (χ0) is 9.90.